The number of rotatable bonds is 14. The van der Waals surface area contributed by atoms with E-state index in [1.165, 1.54) is 41.5 Å². The molecule has 2 heterocycles. The predicted molar refractivity (Wildman–Crippen MR) is 315 cm³/mol. The van der Waals surface area contributed by atoms with Crippen molar-refractivity contribution < 1.29 is 25.8 Å². The molecule has 0 fully saturated rings. The summed E-state index contributed by atoms with van der Waals surface area (Å²) in [4.78, 5) is 10.2. The van der Waals surface area contributed by atoms with E-state index in [4.69, 9.17) is 14.7 Å². The monoisotopic (exact) mass is 1190 g/mol. The van der Waals surface area contributed by atoms with Gasteiger partial charge in [-0.2, -0.15) is 0 Å². The van der Waals surface area contributed by atoms with E-state index in [1.54, 1.807) is 0 Å². The molecule has 0 N–H and O–H groups in total. The number of benzene rings is 10. The molecule has 12 aromatic rings. The second-order valence-corrected chi connectivity index (χ2v) is 26.2. The molecule has 2 aromatic heterocycles. The number of pyridine rings is 2. The Morgan fingerprint density at radius 1 is 0.263 bits per heavy atom. The van der Waals surface area contributed by atoms with Crippen LogP contribution < -0.4 is 46.2 Å². The van der Waals surface area contributed by atoms with Crippen molar-refractivity contribution in [2.24, 2.45) is 0 Å². The van der Waals surface area contributed by atoms with Crippen molar-refractivity contribution in [1.82, 2.24) is 9.97 Å². The minimum atomic E-state index is -2.79. The molecular formula is C70H50N2OPtSi2. The molecule has 0 unspecified atom stereocenters. The van der Waals surface area contributed by atoms with Gasteiger partial charge in [-0.05, 0) is 76.9 Å². The Morgan fingerprint density at radius 3 is 0.842 bits per heavy atom. The van der Waals surface area contributed by atoms with Crippen molar-refractivity contribution >= 4 is 57.6 Å². The van der Waals surface area contributed by atoms with E-state index in [0.29, 0.717) is 11.5 Å². The van der Waals surface area contributed by atoms with Gasteiger partial charge in [0.15, 0.2) is 16.1 Å². The predicted octanol–water partition coefficient (Wildman–Crippen LogP) is 11.3. The summed E-state index contributed by atoms with van der Waals surface area (Å²) in [7, 11) is -5.58. The molecule has 3 nitrogen and oxygen atoms in total. The Morgan fingerprint density at radius 2 is 0.539 bits per heavy atom. The molecule has 0 saturated carbocycles. The van der Waals surface area contributed by atoms with Gasteiger partial charge in [-0.15, -0.1) is 47.5 Å². The average Bonchev–Trinajstić information content (AvgIpc) is 3.50. The van der Waals surface area contributed by atoms with Gasteiger partial charge in [0, 0.05) is 23.9 Å². The van der Waals surface area contributed by atoms with Crippen LogP contribution >= 0.6 is 0 Å². The van der Waals surface area contributed by atoms with Crippen molar-refractivity contribution in [3.05, 3.63) is 316 Å². The smallest absolute Gasteiger partial charge is 0.497 e. The minimum Gasteiger partial charge on any atom is -0.497 e. The van der Waals surface area contributed by atoms with Crippen LogP contribution in [0, 0.1) is 12.1 Å². The maximum absolute atomic E-state index is 6.68. The van der Waals surface area contributed by atoms with Gasteiger partial charge in [0.2, 0.25) is 0 Å². The van der Waals surface area contributed by atoms with Crippen LogP contribution in [0.3, 0.4) is 0 Å². The number of ether oxygens (including phenoxy) is 1. The summed E-state index contributed by atoms with van der Waals surface area (Å²) in [6, 6.07) is 111. The molecule has 0 bridgehead atoms. The van der Waals surface area contributed by atoms with Gasteiger partial charge in [-0.25, -0.2) is 0 Å². The van der Waals surface area contributed by atoms with Crippen molar-refractivity contribution in [3.63, 3.8) is 0 Å². The third kappa shape index (κ3) is 9.46. The van der Waals surface area contributed by atoms with Crippen LogP contribution in [0.5, 0.6) is 11.5 Å². The van der Waals surface area contributed by atoms with Gasteiger partial charge >= 0.3 is 21.1 Å². The molecule has 0 aliphatic rings. The summed E-state index contributed by atoms with van der Waals surface area (Å²) < 4.78 is 6.68. The minimum absolute atomic E-state index is 0. The zero-order valence-corrected chi connectivity index (χ0v) is 45.8. The van der Waals surface area contributed by atoms with Gasteiger partial charge in [0.05, 0.1) is 11.4 Å². The second kappa shape index (κ2) is 22.5. The second-order valence-electron chi connectivity index (χ2n) is 18.6. The Balaban J connectivity index is 0.00000616. The zero-order valence-electron chi connectivity index (χ0n) is 41.5. The summed E-state index contributed by atoms with van der Waals surface area (Å²) >= 11 is 0. The fourth-order valence-electron chi connectivity index (χ4n) is 11.1. The molecule has 0 spiro atoms. The summed E-state index contributed by atoms with van der Waals surface area (Å²) in [5, 5.41) is 10.4. The van der Waals surface area contributed by atoms with E-state index in [-0.39, 0.29) is 21.1 Å². The number of nitrogens with zero attached hydrogens (tertiary/aromatic N) is 2. The maximum atomic E-state index is 6.68. The SMILES string of the molecule is [Pt+2].[c-]1c(Oc2[c-]c(-c3ccccc3-c3cc([Si](c4ccccc4)(c4ccccc4)c4ccccc4)ccn3)ccc2)cccc1-c1ccccc1-c1cc([Si](c2ccccc2)(c2ccccc2)c2ccccc2)ccn1. The first kappa shape index (κ1) is 49.6. The zero-order chi connectivity index (χ0) is 50.3. The summed E-state index contributed by atoms with van der Waals surface area (Å²) in [5.74, 6) is 1.18. The number of hydrogen-bond donors (Lipinski definition) is 0. The van der Waals surface area contributed by atoms with Gasteiger partial charge in [0.1, 0.15) is 0 Å². The number of aromatic nitrogens is 2. The van der Waals surface area contributed by atoms with Crippen molar-refractivity contribution in [3.8, 4) is 56.3 Å². The fraction of sp³-hybridized carbons (Fsp3) is 0. The van der Waals surface area contributed by atoms with Crippen LogP contribution in [0.2, 0.25) is 0 Å². The standard InChI is InChI=1S/C70H50N2OSi2.Pt/c1-7-29-57(30-8-1)74(58-31-9-2-10-32-58,59-33-11-3-12-34-59)63-45-47-71-69(51-63)67-43-21-19-41-65(67)53-25-23-27-55(49-53)73-56-28-24-26-54(50-56)66-42-20-22-44-68(66)70-52-64(46-48-72-70)75(60-35-13-4-14-36-60,61-37-15-5-16-38-61)62-39-17-6-18-40-62;/h1-48,51-52H;/q-2;+2. The molecule has 364 valence electrons. The van der Waals surface area contributed by atoms with E-state index in [2.05, 4.69) is 279 Å². The largest absolute Gasteiger partial charge is 2.00 e. The summed E-state index contributed by atoms with van der Waals surface area (Å²) in [6.45, 7) is 0. The third-order valence-electron chi connectivity index (χ3n) is 14.4. The molecule has 0 amide bonds. The Labute approximate surface area is 462 Å². The summed E-state index contributed by atoms with van der Waals surface area (Å²) in [6.07, 6.45) is 3.95. The fourth-order valence-corrected chi connectivity index (χ4v) is 20.6. The average molecular weight is 1190 g/mol. The quantitative estimate of drug-likeness (QED) is 0.0618. The van der Waals surface area contributed by atoms with Crippen LogP contribution in [0.25, 0.3) is 44.8 Å². The first-order chi connectivity index (χ1) is 37.2. The molecule has 0 aliphatic carbocycles. The molecule has 0 radical (unpaired) electrons. The molecule has 10 aromatic carbocycles. The molecular weight excluding hydrogens is 1140 g/mol. The number of hydrogen-bond acceptors (Lipinski definition) is 3. The van der Waals surface area contributed by atoms with Gasteiger partial charge < -0.3 is 4.74 Å². The van der Waals surface area contributed by atoms with E-state index in [9.17, 15) is 0 Å². The van der Waals surface area contributed by atoms with E-state index in [0.717, 1.165) is 44.8 Å². The van der Waals surface area contributed by atoms with E-state index >= 15 is 0 Å². The Bertz CT molecular complexity index is 3420. The molecule has 0 atom stereocenters. The van der Waals surface area contributed by atoms with Gasteiger partial charge in [0.25, 0.3) is 0 Å². The van der Waals surface area contributed by atoms with E-state index in [1.807, 2.05) is 36.7 Å². The first-order valence-corrected chi connectivity index (χ1v) is 29.4. The Kier molecular flexibility index (Phi) is 14.7. The molecule has 76 heavy (non-hydrogen) atoms. The third-order valence-corrected chi connectivity index (χ3v) is 23.9. The summed E-state index contributed by atoms with van der Waals surface area (Å²) in [5.41, 5.74) is 7.67. The topological polar surface area (TPSA) is 35.0 Å². The molecule has 6 heteroatoms. The van der Waals surface area contributed by atoms with Gasteiger partial charge in [-0.3, -0.25) is 9.97 Å². The van der Waals surface area contributed by atoms with E-state index < -0.39 is 16.1 Å². The van der Waals surface area contributed by atoms with Crippen molar-refractivity contribution in [1.29, 1.82) is 0 Å². The first-order valence-electron chi connectivity index (χ1n) is 25.4. The molecule has 0 saturated heterocycles. The van der Waals surface area contributed by atoms with Crippen molar-refractivity contribution in [2.75, 3.05) is 0 Å². The maximum Gasteiger partial charge on any atom is 2.00 e. The van der Waals surface area contributed by atoms with Crippen LogP contribution in [-0.4, -0.2) is 26.1 Å². The Hall–Kier alpha value is -8.58. The van der Waals surface area contributed by atoms with Crippen LogP contribution in [0.1, 0.15) is 0 Å². The van der Waals surface area contributed by atoms with Crippen LogP contribution in [0.4, 0.5) is 0 Å². The van der Waals surface area contributed by atoms with Crippen LogP contribution in [0.15, 0.2) is 304 Å². The normalized spacial score (nSPS) is 11.3. The molecule has 0 aliphatic heterocycles. The molecule has 12 rings (SSSR count). The van der Waals surface area contributed by atoms with Crippen LogP contribution in [-0.2, 0) is 21.1 Å². The van der Waals surface area contributed by atoms with Gasteiger partial charge in [-0.1, -0.05) is 254 Å². The van der Waals surface area contributed by atoms with Crippen molar-refractivity contribution in [2.45, 2.75) is 0 Å².